The molecule has 1 aliphatic heterocycles. The van der Waals surface area contributed by atoms with E-state index in [1.54, 1.807) is 28.6 Å². The second-order valence-electron chi connectivity index (χ2n) is 5.21. The Morgan fingerprint density at radius 3 is 2.90 bits per heavy atom. The van der Waals surface area contributed by atoms with Crippen molar-refractivity contribution >= 4 is 17.5 Å². The molecule has 0 bridgehead atoms. The maximum absolute atomic E-state index is 12.0. The first kappa shape index (κ1) is 12.9. The van der Waals surface area contributed by atoms with Gasteiger partial charge in [0.05, 0.1) is 5.69 Å². The summed E-state index contributed by atoms with van der Waals surface area (Å²) in [5, 5.41) is 8.69. The molecule has 2 aliphatic rings. The first-order valence-electron chi connectivity index (χ1n) is 6.70. The highest BCUT2D eigenvalue weighted by atomic mass is 16.5. The smallest absolute Gasteiger partial charge is 0.274 e. The maximum Gasteiger partial charge on any atom is 0.274 e. The van der Waals surface area contributed by atoms with Crippen LogP contribution < -0.4 is 15.1 Å². The predicted octanol–water partition coefficient (Wildman–Crippen LogP) is 1.33. The van der Waals surface area contributed by atoms with Crippen LogP contribution in [0.15, 0.2) is 18.2 Å². The van der Waals surface area contributed by atoms with Crippen molar-refractivity contribution in [2.24, 2.45) is 5.92 Å². The van der Waals surface area contributed by atoms with Gasteiger partial charge in [-0.05, 0) is 37.0 Å². The molecular formula is C14H16N2O4. The zero-order chi connectivity index (χ0) is 14.1. The molecule has 0 unspecified atom stereocenters. The Hall–Kier alpha value is -2.08. The average Bonchev–Trinajstić information content (AvgIpc) is 2.43. The molecule has 0 saturated heterocycles. The Bertz CT molecular complexity index is 554. The average molecular weight is 276 g/mol. The van der Waals surface area contributed by atoms with Gasteiger partial charge in [-0.1, -0.05) is 6.42 Å². The van der Waals surface area contributed by atoms with Gasteiger partial charge < -0.3 is 9.64 Å². The van der Waals surface area contributed by atoms with Crippen molar-refractivity contribution < 1.29 is 19.5 Å². The Kier molecular flexibility index (Phi) is 3.31. The van der Waals surface area contributed by atoms with Gasteiger partial charge in [0.1, 0.15) is 5.75 Å². The van der Waals surface area contributed by atoms with Gasteiger partial charge in [-0.15, -0.1) is 0 Å². The minimum atomic E-state index is -0.602. The molecule has 2 amide bonds. The van der Waals surface area contributed by atoms with Crippen LogP contribution in [0.25, 0.3) is 0 Å². The lowest BCUT2D eigenvalue weighted by Crippen LogP contribution is -2.43. The summed E-state index contributed by atoms with van der Waals surface area (Å²) in [6.45, 7) is 0.699. The molecule has 20 heavy (non-hydrogen) atoms. The number of hydrogen-bond acceptors (Lipinski definition) is 4. The number of anilines is 1. The third-order valence-electron chi connectivity index (χ3n) is 3.93. The number of fused-ring (bicyclic) bond motifs is 1. The molecule has 6 heteroatoms. The maximum atomic E-state index is 12.0. The van der Waals surface area contributed by atoms with Crippen LogP contribution in [0.5, 0.6) is 5.75 Å². The number of carbonyl (C=O) groups excluding carboxylic acids is 2. The quantitative estimate of drug-likeness (QED) is 0.645. The highest BCUT2D eigenvalue weighted by Crippen LogP contribution is 2.36. The Balaban J connectivity index is 1.92. The summed E-state index contributed by atoms with van der Waals surface area (Å²) in [7, 11) is 0. The SMILES string of the molecule is O=C(NO)c1ccc2c(c1)N(CC1CCC1)C(=O)CO2. The zero-order valence-corrected chi connectivity index (χ0v) is 11.0. The van der Waals surface area contributed by atoms with Gasteiger partial charge in [-0.25, -0.2) is 5.48 Å². The minimum Gasteiger partial charge on any atom is -0.482 e. The number of nitrogens with one attached hydrogen (secondary N) is 1. The van der Waals surface area contributed by atoms with E-state index in [9.17, 15) is 9.59 Å². The lowest BCUT2D eigenvalue weighted by molar-refractivity contribution is -0.121. The third kappa shape index (κ3) is 2.22. The first-order valence-corrected chi connectivity index (χ1v) is 6.70. The number of ether oxygens (including phenoxy) is 1. The summed E-state index contributed by atoms with van der Waals surface area (Å²) in [6, 6.07) is 4.79. The molecule has 6 nitrogen and oxygen atoms in total. The van der Waals surface area contributed by atoms with Crippen LogP contribution in [-0.2, 0) is 4.79 Å². The number of hydrogen-bond donors (Lipinski definition) is 2. The zero-order valence-electron chi connectivity index (χ0n) is 11.0. The fourth-order valence-corrected chi connectivity index (χ4v) is 2.54. The van der Waals surface area contributed by atoms with Crippen molar-refractivity contribution in [2.45, 2.75) is 19.3 Å². The summed E-state index contributed by atoms with van der Waals surface area (Å²) >= 11 is 0. The Morgan fingerprint density at radius 1 is 1.45 bits per heavy atom. The van der Waals surface area contributed by atoms with E-state index in [1.165, 1.54) is 6.42 Å². The molecule has 1 fully saturated rings. The molecule has 1 aliphatic carbocycles. The number of benzene rings is 1. The van der Waals surface area contributed by atoms with E-state index in [0.29, 0.717) is 29.5 Å². The number of hydroxylamine groups is 1. The van der Waals surface area contributed by atoms with Crippen molar-refractivity contribution in [1.29, 1.82) is 0 Å². The molecule has 0 aromatic heterocycles. The van der Waals surface area contributed by atoms with Crippen LogP contribution in [0.4, 0.5) is 5.69 Å². The number of amides is 2. The molecule has 0 atom stereocenters. The van der Waals surface area contributed by atoms with Gasteiger partial charge in [-0.2, -0.15) is 0 Å². The molecule has 1 aromatic carbocycles. The lowest BCUT2D eigenvalue weighted by atomic mass is 9.85. The van der Waals surface area contributed by atoms with Crippen molar-refractivity contribution in [3.63, 3.8) is 0 Å². The second kappa shape index (κ2) is 5.13. The molecule has 3 rings (SSSR count). The van der Waals surface area contributed by atoms with E-state index in [-0.39, 0.29) is 12.5 Å². The second-order valence-corrected chi connectivity index (χ2v) is 5.21. The number of carbonyl (C=O) groups is 2. The highest BCUT2D eigenvalue weighted by Gasteiger charge is 2.30. The van der Waals surface area contributed by atoms with Crippen LogP contribution in [0, 0.1) is 5.92 Å². The molecule has 1 aromatic rings. The van der Waals surface area contributed by atoms with Crippen LogP contribution in [0.2, 0.25) is 0 Å². The van der Waals surface area contributed by atoms with E-state index in [1.807, 2.05) is 0 Å². The molecule has 0 spiro atoms. The summed E-state index contributed by atoms with van der Waals surface area (Å²) in [5.41, 5.74) is 2.49. The van der Waals surface area contributed by atoms with Gasteiger partial charge >= 0.3 is 0 Å². The van der Waals surface area contributed by atoms with E-state index in [0.717, 1.165) is 12.8 Å². The Labute approximate surface area is 116 Å². The summed E-state index contributed by atoms with van der Waals surface area (Å²) < 4.78 is 5.38. The molecule has 1 saturated carbocycles. The van der Waals surface area contributed by atoms with Crippen molar-refractivity contribution in [3.8, 4) is 5.75 Å². The van der Waals surface area contributed by atoms with Gasteiger partial charge in [0.25, 0.3) is 11.8 Å². The standard InChI is InChI=1S/C14H16N2O4/c17-13-8-20-12-5-4-10(14(18)15-19)6-11(12)16(13)7-9-2-1-3-9/h4-6,9,19H,1-3,7-8H2,(H,15,18). The summed E-state index contributed by atoms with van der Waals surface area (Å²) in [4.78, 5) is 25.2. The summed E-state index contributed by atoms with van der Waals surface area (Å²) in [6.07, 6.45) is 3.48. The van der Waals surface area contributed by atoms with E-state index in [4.69, 9.17) is 9.94 Å². The topological polar surface area (TPSA) is 78.9 Å². The van der Waals surface area contributed by atoms with Crippen LogP contribution in [-0.4, -0.2) is 30.2 Å². The van der Waals surface area contributed by atoms with Gasteiger partial charge in [-0.3, -0.25) is 14.8 Å². The van der Waals surface area contributed by atoms with Crippen LogP contribution >= 0.6 is 0 Å². The minimum absolute atomic E-state index is 0.0330. The third-order valence-corrected chi connectivity index (χ3v) is 3.93. The highest BCUT2D eigenvalue weighted by molar-refractivity contribution is 6.01. The van der Waals surface area contributed by atoms with Crippen molar-refractivity contribution in [2.75, 3.05) is 18.1 Å². The number of rotatable bonds is 3. The molecule has 0 radical (unpaired) electrons. The summed E-state index contributed by atoms with van der Waals surface area (Å²) in [5.74, 6) is 0.430. The van der Waals surface area contributed by atoms with Gasteiger partial charge in [0, 0.05) is 12.1 Å². The van der Waals surface area contributed by atoms with E-state index >= 15 is 0 Å². The van der Waals surface area contributed by atoms with Gasteiger partial charge in [0.2, 0.25) is 0 Å². The van der Waals surface area contributed by atoms with Crippen molar-refractivity contribution in [3.05, 3.63) is 23.8 Å². The molecule has 1 heterocycles. The van der Waals surface area contributed by atoms with Gasteiger partial charge in [0.15, 0.2) is 6.61 Å². The molecular weight excluding hydrogens is 260 g/mol. The fourth-order valence-electron chi connectivity index (χ4n) is 2.54. The van der Waals surface area contributed by atoms with E-state index < -0.39 is 5.91 Å². The van der Waals surface area contributed by atoms with Crippen LogP contribution in [0.1, 0.15) is 29.6 Å². The van der Waals surface area contributed by atoms with E-state index in [2.05, 4.69) is 0 Å². The first-order chi connectivity index (χ1) is 9.69. The van der Waals surface area contributed by atoms with Crippen molar-refractivity contribution in [1.82, 2.24) is 5.48 Å². The molecule has 106 valence electrons. The normalized spacial score (nSPS) is 18.1. The lowest BCUT2D eigenvalue weighted by Gasteiger charge is -2.35. The van der Waals surface area contributed by atoms with Crippen LogP contribution in [0.3, 0.4) is 0 Å². The monoisotopic (exact) mass is 276 g/mol. The predicted molar refractivity (Wildman–Crippen MR) is 70.9 cm³/mol. The molecule has 2 N–H and O–H groups in total. The fraction of sp³-hybridized carbons (Fsp3) is 0.429. The largest absolute Gasteiger partial charge is 0.482 e. The number of nitrogens with zero attached hydrogens (tertiary/aromatic N) is 1. The Morgan fingerprint density at radius 2 is 2.25 bits per heavy atom.